The zero-order valence-electron chi connectivity index (χ0n) is 10.1. The normalized spacial score (nSPS) is 30.1. The molecule has 3 heteroatoms. The first-order valence-electron chi connectivity index (χ1n) is 6.08. The Labute approximate surface area is 92.5 Å². The van der Waals surface area contributed by atoms with E-state index in [0.717, 1.165) is 25.7 Å². The molecule has 3 nitrogen and oxygen atoms in total. The Hall–Kier alpha value is -0.570. The van der Waals surface area contributed by atoms with E-state index in [1.165, 1.54) is 6.42 Å². The quantitative estimate of drug-likeness (QED) is 0.780. The van der Waals surface area contributed by atoms with Gasteiger partial charge in [0.15, 0.2) is 0 Å². The van der Waals surface area contributed by atoms with Crippen LogP contribution in [0.5, 0.6) is 0 Å². The van der Waals surface area contributed by atoms with Crippen LogP contribution in [0.25, 0.3) is 0 Å². The van der Waals surface area contributed by atoms with Crippen LogP contribution in [0, 0.1) is 0 Å². The molecule has 15 heavy (non-hydrogen) atoms. The molecule has 0 aliphatic carbocycles. The second kappa shape index (κ2) is 5.50. The number of hydrogen-bond acceptors (Lipinski definition) is 2. The number of nitrogens with zero attached hydrogens (tertiary/aromatic N) is 1. The van der Waals surface area contributed by atoms with Crippen molar-refractivity contribution in [3.05, 3.63) is 0 Å². The lowest BCUT2D eigenvalue weighted by Gasteiger charge is -2.42. The topological polar surface area (TPSA) is 40.5 Å². The summed E-state index contributed by atoms with van der Waals surface area (Å²) in [5.74, 6) is -0.655. The standard InChI is InChI=1S/C12H23NO2/c1-4-6-11(12(14)15)13-9(2)7-5-8-10(13)3/h9-11H,4-8H2,1-3H3,(H,14,15). The molecule has 1 saturated heterocycles. The van der Waals surface area contributed by atoms with E-state index in [4.69, 9.17) is 0 Å². The second-order valence-electron chi connectivity index (χ2n) is 4.72. The fourth-order valence-corrected chi connectivity index (χ4v) is 2.73. The molecule has 3 atom stereocenters. The van der Waals surface area contributed by atoms with Crippen LogP contribution in [0.1, 0.15) is 52.9 Å². The molecule has 0 radical (unpaired) electrons. The highest BCUT2D eigenvalue weighted by molar-refractivity contribution is 5.73. The molecule has 1 aliphatic rings. The molecule has 0 aromatic heterocycles. The van der Waals surface area contributed by atoms with Crippen molar-refractivity contribution in [2.24, 2.45) is 0 Å². The lowest BCUT2D eigenvalue weighted by molar-refractivity contribution is -0.146. The molecule has 0 aromatic rings. The predicted octanol–water partition coefficient (Wildman–Crippen LogP) is 2.50. The van der Waals surface area contributed by atoms with Gasteiger partial charge in [0, 0.05) is 12.1 Å². The van der Waals surface area contributed by atoms with Crippen LogP contribution >= 0.6 is 0 Å². The number of aliphatic carboxylic acids is 1. The Morgan fingerprint density at radius 3 is 2.33 bits per heavy atom. The monoisotopic (exact) mass is 213 g/mol. The Morgan fingerprint density at radius 2 is 1.93 bits per heavy atom. The van der Waals surface area contributed by atoms with Crippen molar-refractivity contribution in [1.29, 1.82) is 0 Å². The molecule has 1 rings (SSSR count). The van der Waals surface area contributed by atoms with Gasteiger partial charge in [-0.2, -0.15) is 0 Å². The maximum Gasteiger partial charge on any atom is 0.320 e. The Kier molecular flexibility index (Phi) is 4.58. The van der Waals surface area contributed by atoms with E-state index in [2.05, 4.69) is 25.7 Å². The molecule has 1 aliphatic heterocycles. The van der Waals surface area contributed by atoms with Gasteiger partial charge in [0.1, 0.15) is 6.04 Å². The van der Waals surface area contributed by atoms with Gasteiger partial charge in [-0.3, -0.25) is 9.69 Å². The minimum absolute atomic E-state index is 0.278. The number of piperidine rings is 1. The average Bonchev–Trinajstić information content (AvgIpc) is 2.15. The molecule has 0 spiro atoms. The van der Waals surface area contributed by atoms with E-state index in [-0.39, 0.29) is 6.04 Å². The fraction of sp³-hybridized carbons (Fsp3) is 0.917. The summed E-state index contributed by atoms with van der Waals surface area (Å²) < 4.78 is 0. The van der Waals surface area contributed by atoms with E-state index in [0.29, 0.717) is 12.1 Å². The van der Waals surface area contributed by atoms with Crippen LogP contribution in [0.2, 0.25) is 0 Å². The van der Waals surface area contributed by atoms with Gasteiger partial charge in [-0.1, -0.05) is 19.8 Å². The first-order valence-corrected chi connectivity index (χ1v) is 6.08. The Morgan fingerprint density at radius 1 is 1.40 bits per heavy atom. The first kappa shape index (κ1) is 12.5. The van der Waals surface area contributed by atoms with E-state index in [1.54, 1.807) is 0 Å². The zero-order chi connectivity index (χ0) is 11.4. The molecular weight excluding hydrogens is 190 g/mol. The van der Waals surface area contributed by atoms with Gasteiger partial charge in [-0.15, -0.1) is 0 Å². The SMILES string of the molecule is CCCC(C(=O)O)N1C(C)CCCC1C. The highest BCUT2D eigenvalue weighted by Gasteiger charge is 2.34. The summed E-state index contributed by atoms with van der Waals surface area (Å²) in [5.41, 5.74) is 0. The molecule has 1 N–H and O–H groups in total. The van der Waals surface area contributed by atoms with Gasteiger partial charge in [-0.25, -0.2) is 0 Å². The van der Waals surface area contributed by atoms with Crippen LogP contribution in [-0.4, -0.2) is 34.1 Å². The van der Waals surface area contributed by atoms with Gasteiger partial charge in [-0.05, 0) is 33.1 Å². The third-order valence-electron chi connectivity index (χ3n) is 3.47. The summed E-state index contributed by atoms with van der Waals surface area (Å²) in [6.07, 6.45) is 5.21. The van der Waals surface area contributed by atoms with Gasteiger partial charge in [0.2, 0.25) is 0 Å². The van der Waals surface area contributed by atoms with Gasteiger partial charge in [0.05, 0.1) is 0 Å². The molecule has 88 valence electrons. The van der Waals surface area contributed by atoms with E-state index in [9.17, 15) is 9.90 Å². The maximum absolute atomic E-state index is 11.2. The minimum Gasteiger partial charge on any atom is -0.480 e. The molecule has 1 fully saturated rings. The van der Waals surface area contributed by atoms with Crippen molar-refractivity contribution in [3.63, 3.8) is 0 Å². The summed E-state index contributed by atoms with van der Waals surface area (Å²) in [7, 11) is 0. The average molecular weight is 213 g/mol. The number of carboxylic acid groups (broad SMARTS) is 1. The van der Waals surface area contributed by atoms with E-state index >= 15 is 0 Å². The molecule has 0 bridgehead atoms. The van der Waals surface area contributed by atoms with Crippen molar-refractivity contribution < 1.29 is 9.90 Å². The summed E-state index contributed by atoms with van der Waals surface area (Å²) >= 11 is 0. The molecule has 0 saturated carbocycles. The summed E-state index contributed by atoms with van der Waals surface area (Å²) in [5, 5.41) is 9.25. The van der Waals surface area contributed by atoms with Crippen molar-refractivity contribution >= 4 is 5.97 Å². The summed E-state index contributed by atoms with van der Waals surface area (Å²) in [6.45, 7) is 6.36. The van der Waals surface area contributed by atoms with Gasteiger partial charge in [0.25, 0.3) is 0 Å². The van der Waals surface area contributed by atoms with Crippen molar-refractivity contribution in [2.75, 3.05) is 0 Å². The van der Waals surface area contributed by atoms with Crippen LogP contribution in [-0.2, 0) is 4.79 Å². The maximum atomic E-state index is 11.2. The summed E-state index contributed by atoms with van der Waals surface area (Å²) in [4.78, 5) is 13.4. The molecule has 1 heterocycles. The smallest absolute Gasteiger partial charge is 0.320 e. The number of likely N-dealkylation sites (tertiary alicyclic amines) is 1. The largest absolute Gasteiger partial charge is 0.480 e. The van der Waals surface area contributed by atoms with Crippen molar-refractivity contribution in [1.82, 2.24) is 4.90 Å². The number of carbonyl (C=O) groups is 1. The zero-order valence-corrected chi connectivity index (χ0v) is 10.1. The lowest BCUT2D eigenvalue weighted by Crippen LogP contribution is -2.52. The van der Waals surface area contributed by atoms with E-state index < -0.39 is 5.97 Å². The molecule has 3 unspecified atom stereocenters. The fourth-order valence-electron chi connectivity index (χ4n) is 2.73. The predicted molar refractivity (Wildman–Crippen MR) is 60.9 cm³/mol. The molecular formula is C12H23NO2. The first-order chi connectivity index (χ1) is 7.07. The highest BCUT2D eigenvalue weighted by Crippen LogP contribution is 2.26. The lowest BCUT2D eigenvalue weighted by atomic mass is 9.94. The number of carboxylic acids is 1. The molecule has 0 amide bonds. The minimum atomic E-state index is -0.655. The third kappa shape index (κ3) is 2.94. The van der Waals surface area contributed by atoms with Crippen LogP contribution in [0.4, 0.5) is 0 Å². The number of rotatable bonds is 4. The Balaban J connectivity index is 2.74. The molecule has 0 aromatic carbocycles. The van der Waals surface area contributed by atoms with Crippen LogP contribution in [0.3, 0.4) is 0 Å². The van der Waals surface area contributed by atoms with Crippen LogP contribution in [0.15, 0.2) is 0 Å². The van der Waals surface area contributed by atoms with Crippen molar-refractivity contribution in [2.45, 2.75) is 71.0 Å². The Bertz CT molecular complexity index is 208. The number of hydrogen-bond donors (Lipinski definition) is 1. The van der Waals surface area contributed by atoms with Crippen LogP contribution < -0.4 is 0 Å². The summed E-state index contributed by atoms with van der Waals surface area (Å²) in [6, 6.07) is 0.558. The third-order valence-corrected chi connectivity index (χ3v) is 3.47. The van der Waals surface area contributed by atoms with E-state index in [1.807, 2.05) is 0 Å². The highest BCUT2D eigenvalue weighted by atomic mass is 16.4. The van der Waals surface area contributed by atoms with Gasteiger partial charge >= 0.3 is 5.97 Å². The van der Waals surface area contributed by atoms with Gasteiger partial charge < -0.3 is 5.11 Å². The van der Waals surface area contributed by atoms with Crippen molar-refractivity contribution in [3.8, 4) is 0 Å². The second-order valence-corrected chi connectivity index (χ2v) is 4.72.